The van der Waals surface area contributed by atoms with Crippen molar-refractivity contribution >= 4 is 0 Å². The van der Waals surface area contributed by atoms with Gasteiger partial charge < -0.3 is 4.57 Å². The van der Waals surface area contributed by atoms with Gasteiger partial charge in [0, 0.05) is 18.4 Å². The Morgan fingerprint density at radius 1 is 1.50 bits per heavy atom. The van der Waals surface area contributed by atoms with Crippen molar-refractivity contribution in [2.45, 2.75) is 39.2 Å². The van der Waals surface area contributed by atoms with Gasteiger partial charge in [-0.2, -0.15) is 0 Å². The summed E-state index contributed by atoms with van der Waals surface area (Å²) in [5.41, 5.74) is 0.459. The maximum absolute atomic E-state index is 4.10. The van der Waals surface area contributed by atoms with E-state index in [0.717, 1.165) is 0 Å². The molecule has 1 atom stereocenters. The molecule has 2 nitrogen and oxygen atoms in total. The number of hydrogen-bond acceptors (Lipinski definition) is 1. The highest BCUT2D eigenvalue weighted by atomic mass is 15.1. The van der Waals surface area contributed by atoms with Gasteiger partial charge in [0.1, 0.15) is 0 Å². The number of rotatable bonds is 1. The quantitative estimate of drug-likeness (QED) is 0.624. The van der Waals surface area contributed by atoms with E-state index in [2.05, 4.69) is 29.6 Å². The van der Waals surface area contributed by atoms with Crippen LogP contribution >= 0.6 is 0 Å². The minimum absolute atomic E-state index is 0.459. The third-order valence-corrected chi connectivity index (χ3v) is 3.09. The lowest BCUT2D eigenvalue weighted by Crippen LogP contribution is -2.20. The molecule has 66 valence electrons. The molecule has 1 aromatic rings. The molecule has 1 unspecified atom stereocenters. The SMILES string of the molecule is CC1(C)CCCC1n1ccnc1. The number of nitrogens with zero attached hydrogens (tertiary/aromatic N) is 2. The first kappa shape index (κ1) is 7.84. The average molecular weight is 164 g/mol. The third-order valence-electron chi connectivity index (χ3n) is 3.09. The molecule has 1 aliphatic rings. The predicted octanol–water partition coefficient (Wildman–Crippen LogP) is 2.63. The lowest BCUT2D eigenvalue weighted by atomic mass is 9.87. The summed E-state index contributed by atoms with van der Waals surface area (Å²) >= 11 is 0. The van der Waals surface area contributed by atoms with Crippen molar-refractivity contribution < 1.29 is 0 Å². The molecule has 1 aliphatic carbocycles. The van der Waals surface area contributed by atoms with E-state index >= 15 is 0 Å². The summed E-state index contributed by atoms with van der Waals surface area (Å²) in [4.78, 5) is 4.10. The van der Waals surface area contributed by atoms with Crippen LogP contribution in [0.1, 0.15) is 39.2 Å². The minimum Gasteiger partial charge on any atom is -0.334 e. The molecule has 1 fully saturated rings. The van der Waals surface area contributed by atoms with Gasteiger partial charge in [0.25, 0.3) is 0 Å². The van der Waals surface area contributed by atoms with Crippen LogP contribution in [-0.4, -0.2) is 9.55 Å². The molecule has 0 spiro atoms. The molecule has 2 rings (SSSR count). The van der Waals surface area contributed by atoms with Crippen molar-refractivity contribution in [2.75, 3.05) is 0 Å². The zero-order valence-electron chi connectivity index (χ0n) is 7.83. The van der Waals surface area contributed by atoms with Crippen molar-refractivity contribution in [1.82, 2.24) is 9.55 Å². The van der Waals surface area contributed by atoms with Gasteiger partial charge in [-0.1, -0.05) is 20.3 Å². The molecule has 0 bridgehead atoms. The fourth-order valence-electron chi connectivity index (χ4n) is 2.31. The van der Waals surface area contributed by atoms with Crippen LogP contribution in [0.3, 0.4) is 0 Å². The zero-order chi connectivity index (χ0) is 8.60. The van der Waals surface area contributed by atoms with Crippen LogP contribution in [0.2, 0.25) is 0 Å². The maximum Gasteiger partial charge on any atom is 0.0948 e. The van der Waals surface area contributed by atoms with Gasteiger partial charge in [0.2, 0.25) is 0 Å². The van der Waals surface area contributed by atoms with Gasteiger partial charge in [-0.3, -0.25) is 0 Å². The van der Waals surface area contributed by atoms with Crippen LogP contribution in [0.5, 0.6) is 0 Å². The van der Waals surface area contributed by atoms with Crippen LogP contribution in [0.15, 0.2) is 18.7 Å². The van der Waals surface area contributed by atoms with Crippen LogP contribution in [0.4, 0.5) is 0 Å². The topological polar surface area (TPSA) is 17.8 Å². The second-order valence-corrected chi connectivity index (χ2v) is 4.41. The second kappa shape index (κ2) is 2.61. The Bertz CT molecular complexity index is 249. The molecular formula is C10H16N2. The van der Waals surface area contributed by atoms with E-state index in [1.807, 2.05) is 12.5 Å². The first-order valence-electron chi connectivity index (χ1n) is 4.67. The summed E-state index contributed by atoms with van der Waals surface area (Å²) in [7, 11) is 0. The summed E-state index contributed by atoms with van der Waals surface area (Å²) in [5, 5.41) is 0. The number of imidazole rings is 1. The van der Waals surface area contributed by atoms with E-state index in [9.17, 15) is 0 Å². The van der Waals surface area contributed by atoms with Crippen molar-refractivity contribution in [2.24, 2.45) is 5.41 Å². The molecular weight excluding hydrogens is 148 g/mol. The normalized spacial score (nSPS) is 27.7. The van der Waals surface area contributed by atoms with Crippen LogP contribution in [0, 0.1) is 5.41 Å². The fourth-order valence-corrected chi connectivity index (χ4v) is 2.31. The Labute approximate surface area is 73.6 Å². The van der Waals surface area contributed by atoms with E-state index in [0.29, 0.717) is 11.5 Å². The van der Waals surface area contributed by atoms with Gasteiger partial charge in [-0.05, 0) is 18.3 Å². The maximum atomic E-state index is 4.10. The molecule has 0 radical (unpaired) electrons. The first-order valence-corrected chi connectivity index (χ1v) is 4.67. The van der Waals surface area contributed by atoms with Crippen LogP contribution in [0.25, 0.3) is 0 Å². The van der Waals surface area contributed by atoms with Crippen molar-refractivity contribution in [3.05, 3.63) is 18.7 Å². The number of hydrogen-bond donors (Lipinski definition) is 0. The number of aromatic nitrogens is 2. The van der Waals surface area contributed by atoms with Gasteiger partial charge in [0.15, 0.2) is 0 Å². The highest BCUT2D eigenvalue weighted by molar-refractivity contribution is 4.92. The molecule has 0 aliphatic heterocycles. The third kappa shape index (κ3) is 1.15. The standard InChI is InChI=1S/C10H16N2/c1-10(2)5-3-4-9(10)12-7-6-11-8-12/h6-9H,3-5H2,1-2H3. The molecule has 1 aromatic heterocycles. The van der Waals surface area contributed by atoms with Gasteiger partial charge >= 0.3 is 0 Å². The minimum atomic E-state index is 0.459. The van der Waals surface area contributed by atoms with E-state index in [1.165, 1.54) is 19.3 Å². The fraction of sp³-hybridized carbons (Fsp3) is 0.700. The summed E-state index contributed by atoms with van der Waals surface area (Å²) in [6.07, 6.45) is 9.90. The second-order valence-electron chi connectivity index (χ2n) is 4.41. The predicted molar refractivity (Wildman–Crippen MR) is 48.9 cm³/mol. The lowest BCUT2D eigenvalue weighted by molar-refractivity contribution is 0.260. The van der Waals surface area contributed by atoms with E-state index in [1.54, 1.807) is 0 Å². The molecule has 0 saturated heterocycles. The monoisotopic (exact) mass is 164 g/mol. The van der Waals surface area contributed by atoms with Crippen LogP contribution in [-0.2, 0) is 0 Å². The Kier molecular flexibility index (Phi) is 1.71. The summed E-state index contributed by atoms with van der Waals surface area (Å²) in [6, 6.07) is 0.667. The van der Waals surface area contributed by atoms with E-state index in [-0.39, 0.29) is 0 Å². The summed E-state index contributed by atoms with van der Waals surface area (Å²) < 4.78 is 2.26. The van der Waals surface area contributed by atoms with Crippen molar-refractivity contribution in [3.8, 4) is 0 Å². The average Bonchev–Trinajstić information content (AvgIpc) is 2.55. The van der Waals surface area contributed by atoms with Crippen LogP contribution < -0.4 is 0 Å². The Morgan fingerprint density at radius 2 is 2.33 bits per heavy atom. The molecule has 0 amide bonds. The van der Waals surface area contributed by atoms with Gasteiger partial charge in [-0.25, -0.2) is 4.98 Å². The van der Waals surface area contributed by atoms with E-state index < -0.39 is 0 Å². The Morgan fingerprint density at radius 3 is 2.83 bits per heavy atom. The summed E-state index contributed by atoms with van der Waals surface area (Å²) in [5.74, 6) is 0. The highest BCUT2D eigenvalue weighted by Crippen LogP contribution is 2.45. The molecule has 0 aromatic carbocycles. The molecule has 12 heavy (non-hydrogen) atoms. The van der Waals surface area contributed by atoms with Crippen molar-refractivity contribution in [3.63, 3.8) is 0 Å². The van der Waals surface area contributed by atoms with Gasteiger partial charge in [0.05, 0.1) is 6.33 Å². The van der Waals surface area contributed by atoms with Crippen molar-refractivity contribution in [1.29, 1.82) is 0 Å². The lowest BCUT2D eigenvalue weighted by Gasteiger charge is -2.27. The zero-order valence-corrected chi connectivity index (χ0v) is 7.83. The molecule has 2 heteroatoms. The smallest absolute Gasteiger partial charge is 0.0948 e. The largest absolute Gasteiger partial charge is 0.334 e. The van der Waals surface area contributed by atoms with E-state index in [4.69, 9.17) is 0 Å². The molecule has 1 heterocycles. The highest BCUT2D eigenvalue weighted by Gasteiger charge is 2.35. The summed E-state index contributed by atoms with van der Waals surface area (Å²) in [6.45, 7) is 4.70. The molecule has 1 saturated carbocycles. The van der Waals surface area contributed by atoms with Gasteiger partial charge in [-0.15, -0.1) is 0 Å². The Balaban J connectivity index is 2.25. The molecule has 0 N–H and O–H groups in total. The first-order chi connectivity index (χ1) is 5.70. The Hall–Kier alpha value is -0.790.